The zero-order valence-corrected chi connectivity index (χ0v) is 13.7. The van der Waals surface area contributed by atoms with Crippen LogP contribution >= 0.6 is 0 Å². The van der Waals surface area contributed by atoms with Crippen LogP contribution in [0.15, 0.2) is 18.2 Å². The molecule has 1 aromatic rings. The topological polar surface area (TPSA) is 26.3 Å². The first-order valence-corrected chi connectivity index (χ1v) is 8.89. The van der Waals surface area contributed by atoms with Gasteiger partial charge in [-0.05, 0) is 72.6 Å². The van der Waals surface area contributed by atoms with E-state index in [0.29, 0.717) is 23.0 Å². The van der Waals surface area contributed by atoms with Crippen LogP contribution in [0.5, 0.6) is 5.75 Å². The first-order valence-electron chi connectivity index (χ1n) is 8.89. The van der Waals surface area contributed by atoms with Gasteiger partial charge in [-0.15, -0.1) is 0 Å². The van der Waals surface area contributed by atoms with Crippen molar-refractivity contribution in [2.24, 2.45) is 17.3 Å². The summed E-state index contributed by atoms with van der Waals surface area (Å²) >= 11 is 0. The van der Waals surface area contributed by atoms with Crippen molar-refractivity contribution in [3.8, 4) is 5.75 Å². The molecule has 2 saturated carbocycles. The molecule has 0 saturated heterocycles. The third kappa shape index (κ3) is 1.89. The molecule has 1 aromatic carbocycles. The molecule has 0 heterocycles. The van der Waals surface area contributed by atoms with E-state index in [4.69, 9.17) is 4.74 Å². The fourth-order valence-electron chi connectivity index (χ4n) is 5.92. The molecule has 0 radical (unpaired) electrons. The summed E-state index contributed by atoms with van der Waals surface area (Å²) in [5.74, 6) is 3.16. The summed E-state index contributed by atoms with van der Waals surface area (Å²) < 4.78 is 5.41. The summed E-state index contributed by atoms with van der Waals surface area (Å²) in [5, 5.41) is 0. The smallest absolute Gasteiger partial charge is 0.163 e. The second-order valence-corrected chi connectivity index (χ2v) is 7.60. The molecule has 4 rings (SSSR count). The van der Waals surface area contributed by atoms with Crippen LogP contribution in [-0.2, 0) is 0 Å². The molecule has 22 heavy (non-hydrogen) atoms. The van der Waals surface area contributed by atoms with Crippen LogP contribution in [0.25, 0.3) is 0 Å². The number of Topliss-reactive ketones (excluding diaryl/α,β-unsaturated/α-hetero) is 1. The van der Waals surface area contributed by atoms with Gasteiger partial charge in [0.05, 0.1) is 7.11 Å². The highest BCUT2D eigenvalue weighted by molar-refractivity contribution is 5.99. The summed E-state index contributed by atoms with van der Waals surface area (Å²) in [7, 11) is 1.71. The van der Waals surface area contributed by atoms with Crippen molar-refractivity contribution in [3.63, 3.8) is 0 Å². The molecule has 0 spiro atoms. The van der Waals surface area contributed by atoms with Crippen molar-refractivity contribution < 1.29 is 9.53 Å². The van der Waals surface area contributed by atoms with E-state index in [-0.39, 0.29) is 0 Å². The van der Waals surface area contributed by atoms with E-state index in [0.717, 1.165) is 23.7 Å². The monoisotopic (exact) mass is 298 g/mol. The molecule has 2 heteroatoms. The molecular weight excluding hydrogens is 272 g/mol. The van der Waals surface area contributed by atoms with Gasteiger partial charge in [0, 0.05) is 12.0 Å². The van der Waals surface area contributed by atoms with Crippen molar-refractivity contribution in [3.05, 3.63) is 29.3 Å². The third-order valence-electron chi connectivity index (χ3n) is 7.05. The minimum Gasteiger partial charge on any atom is -0.497 e. The summed E-state index contributed by atoms with van der Waals surface area (Å²) in [6.45, 7) is 2.36. The van der Waals surface area contributed by atoms with E-state index in [9.17, 15) is 4.79 Å². The number of hydrogen-bond acceptors (Lipinski definition) is 2. The maximum atomic E-state index is 12.7. The highest BCUT2D eigenvalue weighted by Gasteiger charge is 2.52. The predicted molar refractivity (Wildman–Crippen MR) is 87.5 cm³/mol. The van der Waals surface area contributed by atoms with Crippen LogP contribution in [0.3, 0.4) is 0 Å². The fourth-order valence-corrected chi connectivity index (χ4v) is 5.92. The molecule has 0 aromatic heterocycles. The molecule has 3 aliphatic rings. The lowest BCUT2D eigenvalue weighted by molar-refractivity contribution is 0.0384. The number of ketones is 1. The standard InChI is InChI=1S/C20H26O2/c1-3-20-9-4-5-18(20)17-12-19(21)15-7-6-13(22-2)11-16(15)14(17)8-10-20/h6-7,11,14,17-18H,3-5,8-10,12H2,1-2H3/t14-,17-,18+,20+/m1/s1. The van der Waals surface area contributed by atoms with Crippen LogP contribution in [0.2, 0.25) is 0 Å². The first kappa shape index (κ1) is 14.3. The maximum absolute atomic E-state index is 12.7. The molecular formula is C20H26O2. The Morgan fingerprint density at radius 1 is 1.27 bits per heavy atom. The van der Waals surface area contributed by atoms with Gasteiger partial charge in [0.25, 0.3) is 0 Å². The maximum Gasteiger partial charge on any atom is 0.163 e. The van der Waals surface area contributed by atoms with E-state index in [1.54, 1.807) is 7.11 Å². The van der Waals surface area contributed by atoms with Crippen molar-refractivity contribution in [1.29, 1.82) is 0 Å². The van der Waals surface area contributed by atoms with Gasteiger partial charge in [-0.1, -0.05) is 19.8 Å². The van der Waals surface area contributed by atoms with Gasteiger partial charge in [-0.25, -0.2) is 0 Å². The Kier molecular flexibility index (Phi) is 3.32. The largest absolute Gasteiger partial charge is 0.497 e. The van der Waals surface area contributed by atoms with Crippen molar-refractivity contribution >= 4 is 5.78 Å². The van der Waals surface area contributed by atoms with Crippen LogP contribution in [-0.4, -0.2) is 12.9 Å². The summed E-state index contributed by atoms with van der Waals surface area (Å²) in [5.41, 5.74) is 2.78. The van der Waals surface area contributed by atoms with Crippen LogP contribution in [0, 0.1) is 17.3 Å². The normalized spacial score (nSPS) is 36.5. The van der Waals surface area contributed by atoms with Crippen molar-refractivity contribution in [2.75, 3.05) is 7.11 Å². The number of benzene rings is 1. The van der Waals surface area contributed by atoms with E-state index < -0.39 is 0 Å². The minimum atomic E-state index is 0.359. The summed E-state index contributed by atoms with van der Waals surface area (Å²) in [6, 6.07) is 6.06. The number of ether oxygens (including phenoxy) is 1. The zero-order chi connectivity index (χ0) is 15.3. The lowest BCUT2D eigenvalue weighted by atomic mass is 9.54. The average molecular weight is 298 g/mol. The SMILES string of the molecule is CC[C@@]12CCC[C@H]1[C@@H]1CC(=O)c3ccc(OC)cc3[C@H]1CC2. The Hall–Kier alpha value is -1.31. The molecule has 0 bridgehead atoms. The van der Waals surface area contributed by atoms with Gasteiger partial charge < -0.3 is 4.74 Å². The van der Waals surface area contributed by atoms with Gasteiger partial charge >= 0.3 is 0 Å². The molecule has 3 aliphatic carbocycles. The number of carbonyl (C=O) groups is 1. The van der Waals surface area contributed by atoms with Gasteiger partial charge in [0.1, 0.15) is 5.75 Å². The molecule has 4 atom stereocenters. The predicted octanol–water partition coefficient (Wildman–Crippen LogP) is 4.97. The number of fused-ring (bicyclic) bond motifs is 5. The second-order valence-electron chi connectivity index (χ2n) is 7.60. The highest BCUT2D eigenvalue weighted by Crippen LogP contribution is 2.62. The minimum absolute atomic E-state index is 0.359. The quantitative estimate of drug-likeness (QED) is 0.770. The molecule has 0 aliphatic heterocycles. The Morgan fingerprint density at radius 3 is 2.91 bits per heavy atom. The Bertz CT molecular complexity index is 606. The second kappa shape index (κ2) is 5.11. The van der Waals surface area contributed by atoms with Crippen LogP contribution in [0.4, 0.5) is 0 Å². The summed E-state index contributed by atoms with van der Waals surface area (Å²) in [4.78, 5) is 12.7. The lowest BCUT2D eigenvalue weighted by Crippen LogP contribution is -2.42. The van der Waals surface area contributed by atoms with Crippen LogP contribution < -0.4 is 4.74 Å². The van der Waals surface area contributed by atoms with E-state index >= 15 is 0 Å². The van der Waals surface area contributed by atoms with Crippen LogP contribution in [0.1, 0.15) is 73.7 Å². The zero-order valence-electron chi connectivity index (χ0n) is 13.7. The lowest BCUT2D eigenvalue weighted by Gasteiger charge is -2.50. The molecule has 118 valence electrons. The molecule has 0 unspecified atom stereocenters. The summed E-state index contributed by atoms with van der Waals surface area (Å²) in [6.07, 6.45) is 8.75. The molecule has 0 N–H and O–H groups in total. The number of carbonyl (C=O) groups excluding carboxylic acids is 1. The number of methoxy groups -OCH3 is 1. The average Bonchev–Trinajstić information content (AvgIpc) is 2.99. The highest BCUT2D eigenvalue weighted by atomic mass is 16.5. The molecule has 0 amide bonds. The Morgan fingerprint density at radius 2 is 2.14 bits per heavy atom. The van der Waals surface area contributed by atoms with E-state index in [2.05, 4.69) is 13.0 Å². The Labute approximate surface area is 133 Å². The molecule has 2 fully saturated rings. The number of hydrogen-bond donors (Lipinski definition) is 0. The van der Waals surface area contributed by atoms with Gasteiger partial charge in [-0.3, -0.25) is 4.79 Å². The molecule has 2 nitrogen and oxygen atoms in total. The first-order chi connectivity index (χ1) is 10.7. The van der Waals surface area contributed by atoms with Gasteiger partial charge in [-0.2, -0.15) is 0 Å². The van der Waals surface area contributed by atoms with Crippen molar-refractivity contribution in [1.82, 2.24) is 0 Å². The van der Waals surface area contributed by atoms with Gasteiger partial charge in [0.2, 0.25) is 0 Å². The van der Waals surface area contributed by atoms with E-state index in [1.165, 1.54) is 44.1 Å². The fraction of sp³-hybridized carbons (Fsp3) is 0.650. The van der Waals surface area contributed by atoms with E-state index in [1.807, 2.05) is 12.1 Å². The number of rotatable bonds is 2. The van der Waals surface area contributed by atoms with Gasteiger partial charge in [0.15, 0.2) is 5.78 Å². The van der Waals surface area contributed by atoms with Crippen molar-refractivity contribution in [2.45, 2.75) is 57.8 Å². The Balaban J connectivity index is 1.76. The third-order valence-corrected chi connectivity index (χ3v) is 7.05.